The fourth-order valence-electron chi connectivity index (χ4n) is 2.46. The highest BCUT2D eigenvalue weighted by Gasteiger charge is 2.20. The van der Waals surface area contributed by atoms with Gasteiger partial charge in [-0.2, -0.15) is 0 Å². The van der Waals surface area contributed by atoms with Crippen molar-refractivity contribution in [3.05, 3.63) is 60.1 Å². The van der Waals surface area contributed by atoms with Crippen LogP contribution in [-0.4, -0.2) is 16.9 Å². The Morgan fingerprint density at radius 1 is 1.14 bits per heavy atom. The molecule has 0 saturated carbocycles. The van der Waals surface area contributed by atoms with Gasteiger partial charge in [0.05, 0.1) is 6.26 Å². The van der Waals surface area contributed by atoms with E-state index in [9.17, 15) is 9.90 Å². The third-order valence-corrected chi connectivity index (χ3v) is 3.35. The third-order valence-electron chi connectivity index (χ3n) is 3.35. The average Bonchev–Trinajstić information content (AvgIpc) is 2.95. The van der Waals surface area contributed by atoms with Gasteiger partial charge in [0.25, 0.3) is 0 Å². The number of benzene rings is 2. The van der Waals surface area contributed by atoms with Crippen LogP contribution in [0, 0.1) is 5.41 Å². The van der Waals surface area contributed by atoms with Crippen molar-refractivity contribution in [1.29, 1.82) is 5.41 Å². The highest BCUT2D eigenvalue weighted by Crippen LogP contribution is 2.34. The van der Waals surface area contributed by atoms with Gasteiger partial charge in [0, 0.05) is 16.7 Å². The zero-order valence-electron chi connectivity index (χ0n) is 11.0. The number of nitrogen functional groups attached to an aromatic ring is 1. The van der Waals surface area contributed by atoms with Crippen molar-refractivity contribution < 1.29 is 14.3 Å². The standard InChI is InChI=1S/C16H12N2O3/c17-15(18)12-6-5-9-3-1-2-4-10(9)13(12)11-7-8-21-14(11)16(19)20/h1-8H,(H3,17,18)(H,19,20). The van der Waals surface area contributed by atoms with E-state index in [1.165, 1.54) is 6.26 Å². The van der Waals surface area contributed by atoms with Crippen LogP contribution in [0.2, 0.25) is 0 Å². The number of rotatable bonds is 3. The van der Waals surface area contributed by atoms with E-state index >= 15 is 0 Å². The van der Waals surface area contributed by atoms with Crippen molar-refractivity contribution in [1.82, 2.24) is 0 Å². The first-order valence-corrected chi connectivity index (χ1v) is 6.27. The van der Waals surface area contributed by atoms with Crippen LogP contribution in [0.4, 0.5) is 0 Å². The van der Waals surface area contributed by atoms with Crippen molar-refractivity contribution >= 4 is 22.6 Å². The first-order valence-electron chi connectivity index (χ1n) is 6.27. The molecule has 0 amide bonds. The number of fused-ring (bicyclic) bond motifs is 1. The van der Waals surface area contributed by atoms with Gasteiger partial charge in [0.2, 0.25) is 5.76 Å². The lowest BCUT2D eigenvalue weighted by Gasteiger charge is -2.11. The lowest BCUT2D eigenvalue weighted by molar-refractivity contribution is 0.0663. The Bertz CT molecular complexity index is 865. The van der Waals surface area contributed by atoms with Crippen LogP contribution in [0.1, 0.15) is 16.1 Å². The number of furan rings is 1. The molecule has 0 saturated heterocycles. The molecule has 5 heteroatoms. The smallest absolute Gasteiger partial charge is 0.372 e. The molecule has 0 fully saturated rings. The van der Waals surface area contributed by atoms with Crippen molar-refractivity contribution in [2.75, 3.05) is 0 Å². The molecule has 0 radical (unpaired) electrons. The maximum absolute atomic E-state index is 11.3. The molecule has 0 aliphatic carbocycles. The van der Waals surface area contributed by atoms with Crippen LogP contribution < -0.4 is 5.73 Å². The summed E-state index contributed by atoms with van der Waals surface area (Å²) < 4.78 is 5.05. The van der Waals surface area contributed by atoms with Gasteiger partial charge in [-0.15, -0.1) is 0 Å². The summed E-state index contributed by atoms with van der Waals surface area (Å²) in [4.78, 5) is 11.3. The molecule has 21 heavy (non-hydrogen) atoms. The highest BCUT2D eigenvalue weighted by atomic mass is 16.4. The lowest BCUT2D eigenvalue weighted by atomic mass is 9.93. The minimum Gasteiger partial charge on any atom is -0.475 e. The molecular formula is C16H12N2O3. The summed E-state index contributed by atoms with van der Waals surface area (Å²) in [5.74, 6) is -1.43. The van der Waals surface area contributed by atoms with E-state index in [4.69, 9.17) is 15.6 Å². The van der Waals surface area contributed by atoms with Gasteiger partial charge in [0.1, 0.15) is 5.84 Å². The topological polar surface area (TPSA) is 100 Å². The van der Waals surface area contributed by atoms with Crippen LogP contribution in [-0.2, 0) is 0 Å². The number of hydrogen-bond donors (Lipinski definition) is 3. The number of nitrogens with two attached hydrogens (primary N) is 1. The van der Waals surface area contributed by atoms with E-state index in [1.54, 1.807) is 12.1 Å². The predicted molar refractivity (Wildman–Crippen MR) is 79.6 cm³/mol. The predicted octanol–water partition coefficient (Wildman–Crippen LogP) is 3.08. The summed E-state index contributed by atoms with van der Waals surface area (Å²) in [5.41, 5.74) is 7.15. The quantitative estimate of drug-likeness (QED) is 0.507. The molecule has 0 unspecified atom stereocenters. The maximum atomic E-state index is 11.3. The Labute approximate surface area is 120 Å². The first kappa shape index (κ1) is 12.9. The lowest BCUT2D eigenvalue weighted by Crippen LogP contribution is -2.13. The van der Waals surface area contributed by atoms with Gasteiger partial charge in [-0.3, -0.25) is 5.41 Å². The minimum absolute atomic E-state index is 0.117. The second-order valence-electron chi connectivity index (χ2n) is 4.59. The van der Waals surface area contributed by atoms with Crippen molar-refractivity contribution in [2.24, 2.45) is 5.73 Å². The number of carboxylic acids is 1. The number of hydrogen-bond acceptors (Lipinski definition) is 3. The van der Waals surface area contributed by atoms with Gasteiger partial charge in [-0.1, -0.05) is 36.4 Å². The molecule has 3 aromatic rings. The molecule has 4 N–H and O–H groups in total. The second-order valence-corrected chi connectivity index (χ2v) is 4.59. The average molecular weight is 280 g/mol. The fourth-order valence-corrected chi connectivity index (χ4v) is 2.46. The number of carbonyl (C=O) groups is 1. The molecular weight excluding hydrogens is 268 g/mol. The minimum atomic E-state index is -1.16. The maximum Gasteiger partial charge on any atom is 0.372 e. The number of aromatic carboxylic acids is 1. The highest BCUT2D eigenvalue weighted by molar-refractivity contribution is 6.12. The largest absolute Gasteiger partial charge is 0.475 e. The summed E-state index contributed by atoms with van der Waals surface area (Å²) >= 11 is 0. The summed E-state index contributed by atoms with van der Waals surface area (Å²) in [6.45, 7) is 0. The van der Waals surface area contributed by atoms with Crippen LogP contribution in [0.15, 0.2) is 53.1 Å². The summed E-state index contributed by atoms with van der Waals surface area (Å²) in [5, 5.41) is 18.7. The van der Waals surface area contributed by atoms with E-state index < -0.39 is 5.97 Å². The molecule has 5 nitrogen and oxygen atoms in total. The van der Waals surface area contributed by atoms with E-state index in [1.807, 2.05) is 30.3 Å². The van der Waals surface area contributed by atoms with Gasteiger partial charge in [-0.25, -0.2) is 4.79 Å². The molecule has 1 heterocycles. The summed E-state index contributed by atoms with van der Waals surface area (Å²) in [6, 6.07) is 12.7. The van der Waals surface area contributed by atoms with Crippen LogP contribution >= 0.6 is 0 Å². The molecule has 104 valence electrons. The van der Waals surface area contributed by atoms with Crippen molar-refractivity contribution in [3.8, 4) is 11.1 Å². The monoisotopic (exact) mass is 280 g/mol. The zero-order valence-corrected chi connectivity index (χ0v) is 11.0. The van der Waals surface area contributed by atoms with E-state index in [-0.39, 0.29) is 11.6 Å². The molecule has 1 aromatic heterocycles. The van der Waals surface area contributed by atoms with Crippen LogP contribution in [0.5, 0.6) is 0 Å². The zero-order chi connectivity index (χ0) is 15.0. The fraction of sp³-hybridized carbons (Fsp3) is 0. The normalized spacial score (nSPS) is 10.7. The van der Waals surface area contributed by atoms with Crippen molar-refractivity contribution in [3.63, 3.8) is 0 Å². The van der Waals surface area contributed by atoms with Crippen molar-refractivity contribution in [2.45, 2.75) is 0 Å². The first-order chi connectivity index (χ1) is 10.1. The van der Waals surface area contributed by atoms with E-state index in [2.05, 4.69) is 0 Å². The van der Waals surface area contributed by atoms with Gasteiger partial charge in [0.15, 0.2) is 0 Å². The number of amidine groups is 1. The molecule has 3 rings (SSSR count). The summed E-state index contributed by atoms with van der Waals surface area (Å²) in [6.07, 6.45) is 1.32. The molecule has 0 atom stereocenters. The Balaban J connectivity index is 2.43. The van der Waals surface area contributed by atoms with E-state index in [0.717, 1.165) is 10.8 Å². The van der Waals surface area contributed by atoms with Gasteiger partial charge >= 0.3 is 5.97 Å². The molecule has 0 spiro atoms. The SMILES string of the molecule is N=C(N)c1ccc2ccccc2c1-c1ccoc1C(=O)O. The number of nitrogens with one attached hydrogen (secondary N) is 1. The van der Waals surface area contributed by atoms with Crippen LogP contribution in [0.3, 0.4) is 0 Å². The van der Waals surface area contributed by atoms with Gasteiger partial charge in [-0.05, 0) is 16.8 Å². The Hall–Kier alpha value is -3.08. The van der Waals surface area contributed by atoms with Crippen LogP contribution in [0.25, 0.3) is 21.9 Å². The molecule has 0 bridgehead atoms. The molecule has 0 aliphatic heterocycles. The van der Waals surface area contributed by atoms with E-state index in [0.29, 0.717) is 16.7 Å². The molecule has 0 aliphatic rings. The van der Waals surface area contributed by atoms with Gasteiger partial charge < -0.3 is 15.3 Å². The number of carboxylic acid groups (broad SMARTS) is 1. The third kappa shape index (κ3) is 2.04. The Kier molecular flexibility index (Phi) is 2.95. The molecule has 2 aromatic carbocycles. The Morgan fingerprint density at radius 3 is 2.62 bits per heavy atom. The second kappa shape index (κ2) is 4.79. The summed E-state index contributed by atoms with van der Waals surface area (Å²) in [7, 11) is 0. The Morgan fingerprint density at radius 2 is 1.90 bits per heavy atom.